The Morgan fingerprint density at radius 1 is 1.06 bits per heavy atom. The van der Waals surface area contributed by atoms with Crippen molar-refractivity contribution in [3.63, 3.8) is 0 Å². The zero-order valence-corrected chi connectivity index (χ0v) is 12.4. The molecular weight excluding hydrogens is 345 g/mol. The molecule has 0 radical (unpaired) electrons. The van der Waals surface area contributed by atoms with Crippen LogP contribution in [0.2, 0.25) is 5.02 Å². The minimum Gasteiger partial charge on any atom is -0.320 e. The zero-order chi connectivity index (χ0) is 12.4. The second kappa shape index (κ2) is 5.38. The number of hydrogen-bond acceptors (Lipinski definition) is 1. The van der Waals surface area contributed by atoms with Crippen LogP contribution in [-0.2, 0) is 0 Å². The molecule has 3 heteroatoms. The van der Waals surface area contributed by atoms with Gasteiger partial charge in [-0.2, -0.15) is 0 Å². The van der Waals surface area contributed by atoms with E-state index < -0.39 is 0 Å². The second-order valence-electron chi connectivity index (χ2n) is 4.06. The lowest BCUT2D eigenvalue weighted by atomic mass is 9.99. The molecule has 0 amide bonds. The van der Waals surface area contributed by atoms with Gasteiger partial charge in [-0.15, -0.1) is 0 Å². The average molecular weight is 358 g/mol. The summed E-state index contributed by atoms with van der Waals surface area (Å²) in [4.78, 5) is 0. The fourth-order valence-corrected chi connectivity index (χ4v) is 2.20. The first-order valence-electron chi connectivity index (χ1n) is 5.35. The van der Waals surface area contributed by atoms with E-state index in [9.17, 15) is 0 Å². The Balaban J connectivity index is 2.33. The lowest BCUT2D eigenvalue weighted by Crippen LogP contribution is -2.11. The normalized spacial score (nSPS) is 12.5. The Bertz CT molecular complexity index is 522. The van der Waals surface area contributed by atoms with Crippen molar-refractivity contribution in [3.8, 4) is 0 Å². The summed E-state index contributed by atoms with van der Waals surface area (Å²) in [6.07, 6.45) is 0. The number of aryl methyl sites for hydroxylation is 1. The maximum absolute atomic E-state index is 6.22. The fourth-order valence-electron chi connectivity index (χ4n) is 1.67. The van der Waals surface area contributed by atoms with E-state index in [-0.39, 0.29) is 6.04 Å². The molecule has 2 N–H and O–H groups in total. The van der Waals surface area contributed by atoms with Gasteiger partial charge in [0.1, 0.15) is 0 Å². The molecule has 0 saturated heterocycles. The number of nitrogens with two attached hydrogens (primary N) is 1. The van der Waals surface area contributed by atoms with E-state index in [1.54, 1.807) is 0 Å². The van der Waals surface area contributed by atoms with E-state index in [2.05, 4.69) is 53.8 Å². The Morgan fingerprint density at radius 3 is 2.24 bits per heavy atom. The molecule has 0 spiro atoms. The van der Waals surface area contributed by atoms with E-state index in [1.807, 2.05) is 18.2 Å². The summed E-state index contributed by atoms with van der Waals surface area (Å²) < 4.78 is 1.05. The standard InChI is InChI=1S/C14H13ClIN/c1-9-2-4-10(5-3-9)14(17)11-6-7-13(16)12(15)8-11/h2-8,14H,17H2,1H3. The summed E-state index contributed by atoms with van der Waals surface area (Å²) in [6.45, 7) is 2.07. The lowest BCUT2D eigenvalue weighted by molar-refractivity contribution is 0.870. The van der Waals surface area contributed by atoms with E-state index in [0.29, 0.717) is 0 Å². The molecule has 17 heavy (non-hydrogen) atoms. The predicted octanol–water partition coefficient (Wildman–Crippen LogP) is 4.30. The molecule has 1 nitrogen and oxygen atoms in total. The summed E-state index contributed by atoms with van der Waals surface area (Å²) in [5.74, 6) is 0. The highest BCUT2D eigenvalue weighted by atomic mass is 127. The van der Waals surface area contributed by atoms with Crippen LogP contribution in [-0.4, -0.2) is 0 Å². The molecule has 0 saturated carbocycles. The number of halogens is 2. The Labute approximate surface area is 120 Å². The molecule has 0 aromatic heterocycles. The van der Waals surface area contributed by atoms with Gasteiger partial charge in [0.2, 0.25) is 0 Å². The number of benzene rings is 2. The van der Waals surface area contributed by atoms with E-state index in [4.69, 9.17) is 17.3 Å². The van der Waals surface area contributed by atoms with Crippen molar-refractivity contribution >= 4 is 34.2 Å². The van der Waals surface area contributed by atoms with Crippen molar-refractivity contribution in [1.29, 1.82) is 0 Å². The topological polar surface area (TPSA) is 26.0 Å². The molecule has 0 aliphatic carbocycles. The van der Waals surface area contributed by atoms with Gasteiger partial charge in [0.15, 0.2) is 0 Å². The molecule has 0 bridgehead atoms. The first-order chi connectivity index (χ1) is 8.08. The van der Waals surface area contributed by atoms with Crippen LogP contribution >= 0.6 is 34.2 Å². The summed E-state index contributed by atoms with van der Waals surface area (Å²) >= 11 is 8.32. The number of hydrogen-bond donors (Lipinski definition) is 1. The van der Waals surface area contributed by atoms with Gasteiger partial charge in [0, 0.05) is 3.57 Å². The van der Waals surface area contributed by atoms with Gasteiger partial charge in [-0.05, 0) is 52.8 Å². The third-order valence-electron chi connectivity index (χ3n) is 2.74. The van der Waals surface area contributed by atoms with Crippen LogP contribution in [0, 0.1) is 10.5 Å². The molecule has 88 valence electrons. The van der Waals surface area contributed by atoms with Crippen molar-refractivity contribution in [3.05, 3.63) is 67.7 Å². The van der Waals surface area contributed by atoms with Crippen molar-refractivity contribution in [2.45, 2.75) is 13.0 Å². The van der Waals surface area contributed by atoms with Crippen LogP contribution in [0.15, 0.2) is 42.5 Å². The van der Waals surface area contributed by atoms with E-state index in [0.717, 1.165) is 19.7 Å². The Hall–Kier alpha value is -0.580. The monoisotopic (exact) mass is 357 g/mol. The molecule has 0 aliphatic rings. The third kappa shape index (κ3) is 3.00. The zero-order valence-electron chi connectivity index (χ0n) is 9.45. The van der Waals surface area contributed by atoms with Gasteiger partial charge >= 0.3 is 0 Å². The minimum atomic E-state index is -0.120. The summed E-state index contributed by atoms with van der Waals surface area (Å²) in [6, 6.07) is 14.1. The highest BCUT2D eigenvalue weighted by molar-refractivity contribution is 14.1. The largest absolute Gasteiger partial charge is 0.320 e. The van der Waals surface area contributed by atoms with Crippen LogP contribution in [0.5, 0.6) is 0 Å². The van der Waals surface area contributed by atoms with E-state index >= 15 is 0 Å². The second-order valence-corrected chi connectivity index (χ2v) is 5.63. The average Bonchev–Trinajstić information content (AvgIpc) is 2.33. The van der Waals surface area contributed by atoms with Crippen molar-refractivity contribution in [1.82, 2.24) is 0 Å². The van der Waals surface area contributed by atoms with Gasteiger partial charge in [0.25, 0.3) is 0 Å². The third-order valence-corrected chi connectivity index (χ3v) is 4.31. The molecule has 0 heterocycles. The highest BCUT2D eigenvalue weighted by Gasteiger charge is 2.10. The fraction of sp³-hybridized carbons (Fsp3) is 0.143. The number of rotatable bonds is 2. The van der Waals surface area contributed by atoms with Gasteiger partial charge in [-0.3, -0.25) is 0 Å². The molecule has 1 atom stereocenters. The quantitative estimate of drug-likeness (QED) is 0.797. The van der Waals surface area contributed by atoms with Crippen molar-refractivity contribution in [2.75, 3.05) is 0 Å². The van der Waals surface area contributed by atoms with Crippen LogP contribution in [0.4, 0.5) is 0 Å². The highest BCUT2D eigenvalue weighted by Crippen LogP contribution is 2.25. The smallest absolute Gasteiger partial charge is 0.0552 e. The first kappa shape index (κ1) is 12.9. The lowest BCUT2D eigenvalue weighted by Gasteiger charge is -2.13. The summed E-state index contributed by atoms with van der Waals surface area (Å²) in [5.41, 5.74) is 9.61. The van der Waals surface area contributed by atoms with Gasteiger partial charge < -0.3 is 5.73 Å². The Kier molecular flexibility index (Phi) is 4.07. The molecule has 1 unspecified atom stereocenters. The van der Waals surface area contributed by atoms with Crippen LogP contribution in [0.25, 0.3) is 0 Å². The molecule has 0 aliphatic heterocycles. The molecular formula is C14H13ClIN. The van der Waals surface area contributed by atoms with Crippen LogP contribution in [0.3, 0.4) is 0 Å². The minimum absolute atomic E-state index is 0.120. The molecule has 2 aromatic carbocycles. The van der Waals surface area contributed by atoms with Gasteiger partial charge in [-0.1, -0.05) is 47.5 Å². The maximum Gasteiger partial charge on any atom is 0.0552 e. The van der Waals surface area contributed by atoms with E-state index in [1.165, 1.54) is 5.56 Å². The van der Waals surface area contributed by atoms with Gasteiger partial charge in [-0.25, -0.2) is 0 Å². The first-order valence-corrected chi connectivity index (χ1v) is 6.80. The Morgan fingerprint density at radius 2 is 1.65 bits per heavy atom. The SMILES string of the molecule is Cc1ccc(C(N)c2ccc(I)c(Cl)c2)cc1. The van der Waals surface area contributed by atoms with Crippen LogP contribution in [0.1, 0.15) is 22.7 Å². The maximum atomic E-state index is 6.22. The molecule has 2 aromatic rings. The summed E-state index contributed by atoms with van der Waals surface area (Å²) in [5, 5.41) is 0.755. The van der Waals surface area contributed by atoms with Crippen molar-refractivity contribution < 1.29 is 0 Å². The molecule has 0 fully saturated rings. The van der Waals surface area contributed by atoms with Crippen LogP contribution < -0.4 is 5.73 Å². The van der Waals surface area contributed by atoms with Gasteiger partial charge in [0.05, 0.1) is 11.1 Å². The van der Waals surface area contributed by atoms with Crippen molar-refractivity contribution in [2.24, 2.45) is 5.73 Å². The predicted molar refractivity (Wildman–Crippen MR) is 81.4 cm³/mol. The summed E-state index contributed by atoms with van der Waals surface area (Å²) in [7, 11) is 0. The molecule has 2 rings (SSSR count).